The van der Waals surface area contributed by atoms with Crippen molar-refractivity contribution in [2.45, 2.75) is 13.1 Å². The average molecular weight is 423 g/mol. The SMILES string of the molecule is CCNC(=O)c1cc2c(N)c(C(=O)Nc3cccc(C(F)(F)F)c3)sc2nc1N. The Hall–Kier alpha value is -3.34. The lowest BCUT2D eigenvalue weighted by Crippen LogP contribution is -2.24. The molecule has 2 heterocycles. The van der Waals surface area contributed by atoms with Gasteiger partial charge in [0.05, 0.1) is 16.8 Å². The highest BCUT2D eigenvalue weighted by molar-refractivity contribution is 7.21. The number of fused-ring (bicyclic) bond motifs is 1. The van der Waals surface area contributed by atoms with E-state index in [1.165, 1.54) is 18.2 Å². The average Bonchev–Trinajstić information content (AvgIpc) is 2.96. The summed E-state index contributed by atoms with van der Waals surface area (Å²) in [5.74, 6) is -1.14. The van der Waals surface area contributed by atoms with E-state index in [-0.39, 0.29) is 27.6 Å². The van der Waals surface area contributed by atoms with Crippen LogP contribution in [0.25, 0.3) is 10.2 Å². The standard InChI is InChI=1S/C18H16F3N5O2S/c1-2-24-15(27)11-7-10-12(22)13(29-17(10)26-14(11)23)16(28)25-9-5-3-4-8(6-9)18(19,20)21/h3-7H,2,22H2,1H3,(H2,23,26)(H,24,27)(H,25,28). The van der Waals surface area contributed by atoms with E-state index in [0.29, 0.717) is 16.8 Å². The Morgan fingerprint density at radius 3 is 2.55 bits per heavy atom. The van der Waals surface area contributed by atoms with Crippen LogP contribution in [0.5, 0.6) is 0 Å². The van der Waals surface area contributed by atoms with Crippen molar-refractivity contribution >= 4 is 50.6 Å². The molecule has 0 aliphatic rings. The second-order valence-corrected chi connectivity index (χ2v) is 7.01. The number of hydrogen-bond donors (Lipinski definition) is 4. The molecule has 0 unspecified atom stereocenters. The maximum atomic E-state index is 12.8. The van der Waals surface area contributed by atoms with Crippen molar-refractivity contribution in [3.05, 3.63) is 46.3 Å². The first kappa shape index (κ1) is 20.4. The highest BCUT2D eigenvalue weighted by atomic mass is 32.1. The van der Waals surface area contributed by atoms with E-state index in [1.807, 2.05) is 0 Å². The van der Waals surface area contributed by atoms with Gasteiger partial charge in [-0.3, -0.25) is 9.59 Å². The topological polar surface area (TPSA) is 123 Å². The van der Waals surface area contributed by atoms with Gasteiger partial charge in [-0.05, 0) is 31.2 Å². The Balaban J connectivity index is 1.95. The van der Waals surface area contributed by atoms with Gasteiger partial charge in [-0.15, -0.1) is 11.3 Å². The first-order valence-electron chi connectivity index (χ1n) is 8.37. The zero-order valence-corrected chi connectivity index (χ0v) is 15.9. The zero-order valence-electron chi connectivity index (χ0n) is 15.1. The number of anilines is 3. The van der Waals surface area contributed by atoms with Crippen LogP contribution in [0.2, 0.25) is 0 Å². The number of nitrogens with one attached hydrogen (secondary N) is 2. The number of halogens is 3. The number of carbonyl (C=O) groups is 2. The van der Waals surface area contributed by atoms with Crippen LogP contribution in [-0.4, -0.2) is 23.3 Å². The molecular formula is C18H16F3N5O2S. The number of carbonyl (C=O) groups excluding carboxylic acids is 2. The van der Waals surface area contributed by atoms with Gasteiger partial charge in [-0.2, -0.15) is 13.2 Å². The smallest absolute Gasteiger partial charge is 0.397 e. The summed E-state index contributed by atoms with van der Waals surface area (Å²) in [6.45, 7) is 2.13. The number of hydrogen-bond acceptors (Lipinski definition) is 6. The van der Waals surface area contributed by atoms with Crippen LogP contribution in [0.4, 0.5) is 30.4 Å². The molecule has 29 heavy (non-hydrogen) atoms. The fraction of sp³-hybridized carbons (Fsp3) is 0.167. The number of amides is 2. The van der Waals surface area contributed by atoms with Crippen LogP contribution >= 0.6 is 11.3 Å². The molecule has 0 atom stereocenters. The molecule has 152 valence electrons. The number of pyridine rings is 1. The van der Waals surface area contributed by atoms with Crippen molar-refractivity contribution < 1.29 is 22.8 Å². The van der Waals surface area contributed by atoms with Crippen LogP contribution in [0.3, 0.4) is 0 Å². The number of benzene rings is 1. The molecule has 11 heteroatoms. The molecule has 2 amide bonds. The van der Waals surface area contributed by atoms with Gasteiger partial charge in [0, 0.05) is 17.6 Å². The van der Waals surface area contributed by atoms with Gasteiger partial charge >= 0.3 is 6.18 Å². The molecule has 0 aliphatic heterocycles. The van der Waals surface area contributed by atoms with E-state index >= 15 is 0 Å². The van der Waals surface area contributed by atoms with Crippen molar-refractivity contribution in [3.63, 3.8) is 0 Å². The molecule has 3 rings (SSSR count). The number of nitrogens with two attached hydrogens (primary N) is 2. The second-order valence-electron chi connectivity index (χ2n) is 6.01. The van der Waals surface area contributed by atoms with E-state index in [4.69, 9.17) is 11.5 Å². The molecule has 0 radical (unpaired) electrons. The monoisotopic (exact) mass is 423 g/mol. The minimum atomic E-state index is -4.53. The van der Waals surface area contributed by atoms with Crippen molar-refractivity contribution in [1.29, 1.82) is 0 Å². The number of nitrogen functional groups attached to an aromatic ring is 2. The van der Waals surface area contributed by atoms with Crippen molar-refractivity contribution in [2.24, 2.45) is 0 Å². The van der Waals surface area contributed by atoms with E-state index in [1.54, 1.807) is 6.92 Å². The molecule has 0 bridgehead atoms. The third kappa shape index (κ3) is 4.09. The summed E-state index contributed by atoms with van der Waals surface area (Å²) in [6, 6.07) is 5.69. The predicted molar refractivity (Wildman–Crippen MR) is 106 cm³/mol. The summed E-state index contributed by atoms with van der Waals surface area (Å²) >= 11 is 0.927. The lowest BCUT2D eigenvalue weighted by atomic mass is 10.1. The van der Waals surface area contributed by atoms with Crippen molar-refractivity contribution in [1.82, 2.24) is 10.3 Å². The highest BCUT2D eigenvalue weighted by Gasteiger charge is 2.30. The molecule has 0 spiro atoms. The number of alkyl halides is 3. The van der Waals surface area contributed by atoms with Crippen LogP contribution in [0, 0.1) is 0 Å². The van der Waals surface area contributed by atoms with Crippen LogP contribution < -0.4 is 22.1 Å². The summed E-state index contributed by atoms with van der Waals surface area (Å²) in [5, 5.41) is 5.36. The third-order valence-corrected chi connectivity index (χ3v) is 5.10. The number of aromatic nitrogens is 1. The Morgan fingerprint density at radius 1 is 1.17 bits per heavy atom. The Kier molecular flexibility index (Phi) is 5.33. The summed E-state index contributed by atoms with van der Waals surface area (Å²) < 4.78 is 38.5. The second kappa shape index (κ2) is 7.59. The molecule has 6 N–H and O–H groups in total. The van der Waals surface area contributed by atoms with Crippen LogP contribution in [-0.2, 0) is 6.18 Å². The molecule has 0 saturated carbocycles. The molecule has 0 aliphatic carbocycles. The minimum absolute atomic E-state index is 0.0189. The van der Waals surface area contributed by atoms with Gasteiger partial charge < -0.3 is 22.1 Å². The molecule has 3 aromatic rings. The number of rotatable bonds is 4. The fourth-order valence-corrected chi connectivity index (χ4v) is 3.60. The lowest BCUT2D eigenvalue weighted by Gasteiger charge is -2.09. The van der Waals surface area contributed by atoms with E-state index in [0.717, 1.165) is 23.5 Å². The van der Waals surface area contributed by atoms with E-state index in [9.17, 15) is 22.8 Å². The summed E-state index contributed by atoms with van der Waals surface area (Å²) in [4.78, 5) is 29.2. The molecule has 0 saturated heterocycles. The van der Waals surface area contributed by atoms with Gasteiger partial charge in [0.1, 0.15) is 15.5 Å². The summed E-state index contributed by atoms with van der Waals surface area (Å²) in [6.07, 6.45) is -4.53. The molecular weight excluding hydrogens is 407 g/mol. The maximum Gasteiger partial charge on any atom is 0.416 e. The first-order valence-corrected chi connectivity index (χ1v) is 9.18. The predicted octanol–water partition coefficient (Wildman–Crippen LogP) is 3.48. The van der Waals surface area contributed by atoms with E-state index in [2.05, 4.69) is 15.6 Å². The van der Waals surface area contributed by atoms with Crippen LogP contribution in [0.15, 0.2) is 30.3 Å². The largest absolute Gasteiger partial charge is 0.416 e. The first-order chi connectivity index (χ1) is 13.6. The Bertz CT molecular complexity index is 1110. The molecule has 0 fully saturated rings. The third-order valence-electron chi connectivity index (χ3n) is 3.99. The summed E-state index contributed by atoms with van der Waals surface area (Å²) in [5.41, 5.74) is 11.1. The fourth-order valence-electron chi connectivity index (χ4n) is 2.62. The Morgan fingerprint density at radius 2 is 1.90 bits per heavy atom. The van der Waals surface area contributed by atoms with Gasteiger partial charge in [-0.1, -0.05) is 6.07 Å². The number of nitrogens with zero attached hydrogens (tertiary/aromatic N) is 1. The normalized spacial score (nSPS) is 11.4. The van der Waals surface area contributed by atoms with Gasteiger partial charge in [0.15, 0.2) is 0 Å². The quantitative estimate of drug-likeness (QED) is 0.512. The van der Waals surface area contributed by atoms with Gasteiger partial charge in [0.25, 0.3) is 11.8 Å². The summed E-state index contributed by atoms with van der Waals surface area (Å²) in [7, 11) is 0. The molecule has 7 nitrogen and oxygen atoms in total. The van der Waals surface area contributed by atoms with Crippen molar-refractivity contribution in [3.8, 4) is 0 Å². The van der Waals surface area contributed by atoms with Crippen LogP contribution in [0.1, 0.15) is 32.5 Å². The highest BCUT2D eigenvalue weighted by Crippen LogP contribution is 2.35. The number of thiophene rings is 1. The lowest BCUT2D eigenvalue weighted by molar-refractivity contribution is -0.137. The Labute approximate surface area is 166 Å². The minimum Gasteiger partial charge on any atom is -0.397 e. The zero-order chi connectivity index (χ0) is 21.3. The van der Waals surface area contributed by atoms with E-state index < -0.39 is 23.6 Å². The maximum absolute atomic E-state index is 12.8. The molecule has 1 aromatic carbocycles. The molecule has 2 aromatic heterocycles. The van der Waals surface area contributed by atoms with Gasteiger partial charge in [-0.25, -0.2) is 4.98 Å². The van der Waals surface area contributed by atoms with Gasteiger partial charge in [0.2, 0.25) is 0 Å². The van der Waals surface area contributed by atoms with Crippen molar-refractivity contribution in [2.75, 3.05) is 23.3 Å².